The van der Waals surface area contributed by atoms with Gasteiger partial charge in [-0.05, 0) is 36.6 Å². The van der Waals surface area contributed by atoms with E-state index in [-0.39, 0.29) is 11.5 Å². The maximum atomic E-state index is 12.6. The Hall–Kier alpha value is -2.67. The minimum Gasteiger partial charge on any atom is -0.488 e. The first-order chi connectivity index (χ1) is 11.5. The zero-order chi connectivity index (χ0) is 17.3. The van der Waals surface area contributed by atoms with Crippen molar-refractivity contribution in [1.29, 1.82) is 0 Å². The van der Waals surface area contributed by atoms with Crippen LogP contribution >= 0.6 is 11.3 Å². The molecule has 24 heavy (non-hydrogen) atoms. The first-order valence-corrected chi connectivity index (χ1v) is 8.10. The van der Waals surface area contributed by atoms with Crippen molar-refractivity contribution < 1.29 is 28.6 Å². The molecule has 0 saturated carbocycles. The highest BCUT2D eigenvalue weighted by molar-refractivity contribution is 7.12. The van der Waals surface area contributed by atoms with Gasteiger partial charge in [0.15, 0.2) is 6.10 Å². The molecule has 1 aliphatic rings. The van der Waals surface area contributed by atoms with E-state index in [9.17, 15) is 14.4 Å². The molecule has 124 valence electrons. The van der Waals surface area contributed by atoms with Crippen LogP contribution in [0.15, 0.2) is 29.6 Å². The lowest BCUT2D eigenvalue weighted by Gasteiger charge is -2.12. The molecule has 6 nitrogen and oxygen atoms in total. The molecule has 0 radical (unpaired) electrons. The minimum atomic E-state index is -1.03. The van der Waals surface area contributed by atoms with Crippen LogP contribution in [0.4, 0.5) is 0 Å². The summed E-state index contributed by atoms with van der Waals surface area (Å²) in [5.74, 6) is -0.830. The molecule has 2 aromatic rings. The number of esters is 2. The van der Waals surface area contributed by atoms with Crippen LogP contribution in [0.25, 0.3) is 0 Å². The number of hydrogen-bond acceptors (Lipinski definition) is 7. The molecule has 0 spiro atoms. The first kappa shape index (κ1) is 16.2. The van der Waals surface area contributed by atoms with Crippen LogP contribution in [0.5, 0.6) is 11.5 Å². The molecular formula is C17H14O6S. The Morgan fingerprint density at radius 3 is 2.83 bits per heavy atom. The van der Waals surface area contributed by atoms with E-state index in [0.29, 0.717) is 22.8 Å². The second kappa shape index (κ2) is 6.45. The summed E-state index contributed by atoms with van der Waals surface area (Å²) in [7, 11) is 0. The average Bonchev–Trinajstić information content (AvgIpc) is 2.96. The first-order valence-electron chi connectivity index (χ1n) is 7.22. The molecule has 1 aromatic carbocycles. The van der Waals surface area contributed by atoms with Crippen molar-refractivity contribution in [2.45, 2.75) is 26.6 Å². The highest BCUT2D eigenvalue weighted by atomic mass is 32.1. The molecule has 0 amide bonds. The van der Waals surface area contributed by atoms with Crippen LogP contribution in [0.3, 0.4) is 0 Å². The molecule has 0 aliphatic carbocycles. The fourth-order valence-corrected chi connectivity index (χ4v) is 3.16. The number of ketones is 1. The summed E-state index contributed by atoms with van der Waals surface area (Å²) in [6.07, 6.45) is -1.03. The van der Waals surface area contributed by atoms with Gasteiger partial charge >= 0.3 is 11.9 Å². The fraction of sp³-hybridized carbons (Fsp3) is 0.235. The van der Waals surface area contributed by atoms with Gasteiger partial charge in [0.2, 0.25) is 5.78 Å². The normalized spacial score (nSPS) is 13.8. The number of fused-ring (bicyclic) bond motifs is 2. The second-order valence-electron chi connectivity index (χ2n) is 5.22. The van der Waals surface area contributed by atoms with E-state index >= 15 is 0 Å². The van der Waals surface area contributed by atoms with Gasteiger partial charge in [0.1, 0.15) is 18.1 Å². The van der Waals surface area contributed by atoms with Gasteiger partial charge in [0.05, 0.1) is 10.4 Å². The van der Waals surface area contributed by atoms with Gasteiger partial charge in [-0.25, -0.2) is 4.79 Å². The molecule has 0 bridgehead atoms. The molecule has 0 N–H and O–H groups in total. The Labute approximate surface area is 142 Å². The van der Waals surface area contributed by atoms with Crippen molar-refractivity contribution >= 4 is 29.1 Å². The molecule has 0 fully saturated rings. The summed E-state index contributed by atoms with van der Waals surface area (Å²) >= 11 is 1.35. The maximum Gasteiger partial charge on any atom is 0.352 e. The SMILES string of the molecule is CC(=O)OC(C)C(=O)Oc1ccc2c(c1)C(=O)c1sccc1CO2. The summed E-state index contributed by atoms with van der Waals surface area (Å²) in [5, 5.41) is 1.83. The van der Waals surface area contributed by atoms with E-state index in [0.717, 1.165) is 5.56 Å². The van der Waals surface area contributed by atoms with Gasteiger partial charge in [-0.3, -0.25) is 9.59 Å². The molecule has 7 heteroatoms. The lowest BCUT2D eigenvalue weighted by Crippen LogP contribution is -2.27. The van der Waals surface area contributed by atoms with E-state index in [1.807, 2.05) is 11.4 Å². The lowest BCUT2D eigenvalue weighted by atomic mass is 10.1. The van der Waals surface area contributed by atoms with Gasteiger partial charge in [-0.1, -0.05) is 0 Å². The molecule has 1 aliphatic heterocycles. The third-order valence-corrected chi connectivity index (χ3v) is 4.38. The molecule has 1 atom stereocenters. The van der Waals surface area contributed by atoms with Crippen LogP contribution in [0.2, 0.25) is 0 Å². The summed E-state index contributed by atoms with van der Waals surface area (Å²) < 4.78 is 15.6. The van der Waals surface area contributed by atoms with Crippen LogP contribution in [0, 0.1) is 0 Å². The number of carbonyl (C=O) groups excluding carboxylic acids is 3. The number of hydrogen-bond donors (Lipinski definition) is 0. The van der Waals surface area contributed by atoms with E-state index in [2.05, 4.69) is 0 Å². The second-order valence-corrected chi connectivity index (χ2v) is 6.14. The standard InChI is InChI=1S/C17H14O6S/c1-9(22-10(2)18)17(20)23-12-3-4-14-13(7-12)15(19)16-11(8-21-14)5-6-24-16/h3-7,9H,8H2,1-2H3. The van der Waals surface area contributed by atoms with E-state index in [1.54, 1.807) is 6.07 Å². The van der Waals surface area contributed by atoms with Crippen LogP contribution in [-0.2, 0) is 20.9 Å². The molecule has 3 rings (SSSR count). The van der Waals surface area contributed by atoms with E-state index < -0.39 is 18.0 Å². The quantitative estimate of drug-likeness (QED) is 0.628. The maximum absolute atomic E-state index is 12.6. The summed E-state index contributed by atoms with van der Waals surface area (Å²) in [6.45, 7) is 2.94. The zero-order valence-corrected chi connectivity index (χ0v) is 13.8. The van der Waals surface area contributed by atoms with Gasteiger partial charge in [-0.15, -0.1) is 11.3 Å². The monoisotopic (exact) mass is 346 g/mol. The van der Waals surface area contributed by atoms with E-state index in [1.165, 1.54) is 37.3 Å². The molecule has 1 aromatic heterocycles. The van der Waals surface area contributed by atoms with Crippen LogP contribution in [0.1, 0.15) is 34.6 Å². The van der Waals surface area contributed by atoms with Gasteiger partial charge < -0.3 is 14.2 Å². The third kappa shape index (κ3) is 3.16. The van der Waals surface area contributed by atoms with Crippen molar-refractivity contribution in [3.63, 3.8) is 0 Å². The van der Waals surface area contributed by atoms with Crippen LogP contribution in [-0.4, -0.2) is 23.8 Å². The summed E-state index contributed by atoms with van der Waals surface area (Å²) in [5.41, 5.74) is 1.17. The Balaban J connectivity index is 1.84. The number of carbonyl (C=O) groups is 3. The van der Waals surface area contributed by atoms with Crippen molar-refractivity contribution in [3.8, 4) is 11.5 Å². The predicted octanol–water partition coefficient (Wildman–Crippen LogP) is 2.73. The smallest absolute Gasteiger partial charge is 0.352 e. The third-order valence-electron chi connectivity index (χ3n) is 3.42. The Kier molecular flexibility index (Phi) is 4.35. The zero-order valence-electron chi connectivity index (χ0n) is 13.0. The van der Waals surface area contributed by atoms with E-state index in [4.69, 9.17) is 14.2 Å². The van der Waals surface area contributed by atoms with Crippen molar-refractivity contribution in [1.82, 2.24) is 0 Å². The Morgan fingerprint density at radius 2 is 2.08 bits per heavy atom. The summed E-state index contributed by atoms with van der Waals surface area (Å²) in [4.78, 5) is 36.0. The molecule has 0 saturated heterocycles. The largest absolute Gasteiger partial charge is 0.488 e. The highest BCUT2D eigenvalue weighted by Crippen LogP contribution is 2.33. The molecular weight excluding hydrogens is 332 g/mol. The Bertz CT molecular complexity index is 822. The molecule has 2 heterocycles. The number of benzene rings is 1. The van der Waals surface area contributed by atoms with Gasteiger partial charge in [0.25, 0.3) is 0 Å². The fourth-order valence-electron chi connectivity index (χ4n) is 2.30. The van der Waals surface area contributed by atoms with Gasteiger partial charge in [-0.2, -0.15) is 0 Å². The summed E-state index contributed by atoms with van der Waals surface area (Å²) in [6, 6.07) is 6.43. The topological polar surface area (TPSA) is 78.9 Å². The number of thiophene rings is 1. The van der Waals surface area contributed by atoms with Crippen LogP contribution < -0.4 is 9.47 Å². The number of rotatable bonds is 3. The van der Waals surface area contributed by atoms with Crippen molar-refractivity contribution in [3.05, 3.63) is 45.6 Å². The Morgan fingerprint density at radius 1 is 1.29 bits per heavy atom. The van der Waals surface area contributed by atoms with Crippen molar-refractivity contribution in [2.75, 3.05) is 0 Å². The minimum absolute atomic E-state index is 0.168. The average molecular weight is 346 g/mol. The van der Waals surface area contributed by atoms with Crippen molar-refractivity contribution in [2.24, 2.45) is 0 Å². The predicted molar refractivity (Wildman–Crippen MR) is 85.4 cm³/mol. The lowest BCUT2D eigenvalue weighted by molar-refractivity contribution is -0.159. The molecule has 1 unspecified atom stereocenters. The number of ether oxygens (including phenoxy) is 3. The highest BCUT2D eigenvalue weighted by Gasteiger charge is 2.25. The van der Waals surface area contributed by atoms with Gasteiger partial charge in [0, 0.05) is 12.5 Å².